The molecule has 1 aliphatic carbocycles. The molecule has 5 aromatic carbocycles. The molecule has 5 nitrogen and oxygen atoms in total. The van der Waals surface area contributed by atoms with Crippen LogP contribution in [0.2, 0.25) is 0 Å². The Hall–Kier alpha value is -4.90. The molecule has 0 atom stereocenters. The van der Waals surface area contributed by atoms with Crippen LogP contribution in [0.4, 0.5) is 17.1 Å². The second-order valence-electron chi connectivity index (χ2n) is 22.9. The Bertz CT molecular complexity index is 2570. The number of imide groups is 1. The number of aryl methyl sites for hydroxylation is 1. The fraction of sp³-hybridized carbons (Fsp3) is 0.500. The van der Waals surface area contributed by atoms with Gasteiger partial charge >= 0.3 is 0 Å². The molecule has 0 unspecified atom stereocenters. The van der Waals surface area contributed by atoms with E-state index in [4.69, 9.17) is 0 Å². The lowest BCUT2D eigenvalue weighted by Gasteiger charge is -2.36. The van der Waals surface area contributed by atoms with Gasteiger partial charge in [-0.05, 0) is 119 Å². The van der Waals surface area contributed by atoms with Gasteiger partial charge in [0.15, 0.2) is 0 Å². The summed E-state index contributed by atoms with van der Waals surface area (Å²) in [6.45, 7) is 30.6. The predicted molar refractivity (Wildman–Crippen MR) is 279 cm³/mol. The largest absolute Gasteiger partial charge is 0.340 e. The van der Waals surface area contributed by atoms with Crippen molar-refractivity contribution in [3.8, 4) is 0 Å². The molecule has 5 heteroatoms. The van der Waals surface area contributed by atoms with Crippen molar-refractivity contribution in [2.24, 2.45) is 10.8 Å². The minimum atomic E-state index is -0.133. The molecule has 8 rings (SSSR count). The highest BCUT2D eigenvalue weighted by Gasteiger charge is 2.39. The third-order valence-electron chi connectivity index (χ3n) is 14.1. The number of carbonyl (C=O) groups excluding carboxylic acids is 2. The van der Waals surface area contributed by atoms with Crippen LogP contribution in [0.5, 0.6) is 0 Å². The van der Waals surface area contributed by atoms with Gasteiger partial charge in [-0.15, -0.1) is 0 Å². The number of hydrogen-bond acceptors (Lipinski definition) is 3. The van der Waals surface area contributed by atoms with Crippen LogP contribution in [-0.2, 0) is 17.4 Å². The van der Waals surface area contributed by atoms with E-state index in [1.54, 1.807) is 4.90 Å². The summed E-state index contributed by atoms with van der Waals surface area (Å²) in [5, 5.41) is 4.09. The van der Waals surface area contributed by atoms with Gasteiger partial charge in [0.2, 0.25) is 0 Å². The Labute approximate surface area is 392 Å². The summed E-state index contributed by atoms with van der Waals surface area (Å²) in [6.07, 6.45) is 11.8. The summed E-state index contributed by atoms with van der Waals surface area (Å²) in [7, 11) is 0. The Balaban J connectivity index is 0.00000311. The molecule has 65 heavy (non-hydrogen) atoms. The molecule has 0 bridgehead atoms. The number of fused-ring (bicyclic) bond motifs is 4. The molecule has 0 N–H and O–H groups in total. The van der Waals surface area contributed by atoms with Crippen molar-refractivity contribution in [3.63, 3.8) is 0 Å². The number of carbonyl (C=O) groups is 2. The van der Waals surface area contributed by atoms with Crippen molar-refractivity contribution in [3.05, 3.63) is 113 Å². The minimum absolute atomic E-state index is 0.0297. The van der Waals surface area contributed by atoms with Crippen molar-refractivity contribution in [1.29, 1.82) is 0 Å². The monoisotopic (exact) mass is 874 g/mol. The number of unbranched alkanes of at least 4 members (excludes halogenated alkanes) is 3. The number of aromatic nitrogens is 1. The summed E-state index contributed by atoms with van der Waals surface area (Å²) in [4.78, 5) is 33.0. The third kappa shape index (κ3) is 9.82. The normalized spacial score (nSPS) is 15.2. The Morgan fingerprint density at radius 3 is 1.63 bits per heavy atom. The summed E-state index contributed by atoms with van der Waals surface area (Å²) < 4.78 is 2.48. The molecule has 2 aliphatic rings. The minimum Gasteiger partial charge on any atom is -0.340 e. The number of anilines is 3. The zero-order valence-corrected chi connectivity index (χ0v) is 42.4. The van der Waals surface area contributed by atoms with Gasteiger partial charge in [-0.25, -0.2) is 0 Å². The van der Waals surface area contributed by atoms with E-state index in [1.165, 1.54) is 30.4 Å². The summed E-state index contributed by atoms with van der Waals surface area (Å²) in [5.74, 6) is -0.262. The van der Waals surface area contributed by atoms with Gasteiger partial charge in [-0.3, -0.25) is 14.5 Å². The summed E-state index contributed by atoms with van der Waals surface area (Å²) in [6, 6.07) is 33.7. The maximum absolute atomic E-state index is 14.6. The molecule has 1 fully saturated rings. The van der Waals surface area contributed by atoms with Crippen LogP contribution >= 0.6 is 0 Å². The van der Waals surface area contributed by atoms with Crippen LogP contribution in [0.1, 0.15) is 192 Å². The van der Waals surface area contributed by atoms with E-state index in [0.717, 1.165) is 108 Å². The molecule has 1 aromatic heterocycles. The molecule has 6 aromatic rings. The van der Waals surface area contributed by atoms with Gasteiger partial charge in [-0.1, -0.05) is 171 Å². The van der Waals surface area contributed by atoms with Crippen molar-refractivity contribution < 1.29 is 9.59 Å². The van der Waals surface area contributed by atoms with Crippen molar-refractivity contribution in [2.45, 2.75) is 184 Å². The SMILES string of the molecule is CC.CCCCCCn1c2cc(N(c3ccc(C(C)(C)CC(C)(C)C)cc3)c3ccc(C(C)(C)CC(C)(C)C)cc3)ccc2c2c3cccc4c3c(cc21)C(=O)N(C1CCCCC1)C4=O. The van der Waals surface area contributed by atoms with Gasteiger partial charge in [0.25, 0.3) is 11.8 Å². The highest BCUT2D eigenvalue weighted by atomic mass is 16.2. The van der Waals surface area contributed by atoms with E-state index in [9.17, 15) is 9.59 Å². The maximum atomic E-state index is 14.6. The maximum Gasteiger partial charge on any atom is 0.261 e. The first-order chi connectivity index (χ1) is 30.8. The van der Waals surface area contributed by atoms with Gasteiger partial charge < -0.3 is 9.47 Å². The van der Waals surface area contributed by atoms with E-state index in [-0.39, 0.29) is 39.5 Å². The molecule has 0 radical (unpaired) electrons. The first-order valence-electron chi connectivity index (χ1n) is 25.2. The zero-order chi connectivity index (χ0) is 47.1. The van der Waals surface area contributed by atoms with Gasteiger partial charge in [0.05, 0.1) is 16.6 Å². The molecular weight excluding hydrogens is 795 g/mol. The lowest BCUT2D eigenvalue weighted by atomic mass is 9.72. The summed E-state index contributed by atoms with van der Waals surface area (Å²) in [5.41, 5.74) is 10.1. The highest BCUT2D eigenvalue weighted by Crippen LogP contribution is 2.46. The topological polar surface area (TPSA) is 45.6 Å². The summed E-state index contributed by atoms with van der Waals surface area (Å²) >= 11 is 0. The lowest BCUT2D eigenvalue weighted by Crippen LogP contribution is -2.47. The highest BCUT2D eigenvalue weighted by molar-refractivity contribution is 6.32. The third-order valence-corrected chi connectivity index (χ3v) is 14.1. The van der Waals surface area contributed by atoms with Crippen LogP contribution in [0.3, 0.4) is 0 Å². The van der Waals surface area contributed by atoms with Gasteiger partial charge in [0, 0.05) is 51.4 Å². The molecule has 2 amide bonds. The van der Waals surface area contributed by atoms with E-state index in [2.05, 4.69) is 164 Å². The fourth-order valence-electron chi connectivity index (χ4n) is 11.9. The van der Waals surface area contributed by atoms with Crippen molar-refractivity contribution in [2.75, 3.05) is 4.90 Å². The first kappa shape index (κ1) is 48.0. The average molecular weight is 874 g/mol. The second-order valence-corrected chi connectivity index (χ2v) is 22.9. The standard InChI is InChI=1S/C58H73N3O2.C2H6/c1-12-13-14-18-34-59-49-35-44(32-33-45(49)52-46-22-19-23-47-51(46)48(36-50(52)59)54(63)61(53(47)62)41-20-16-15-17-21-41)60(42-28-24-39(25-29-42)57(8,9)37-55(2,3)4)43-30-26-40(27-31-43)58(10,11)38-56(5,6)7;1-2/h19,22-33,35-36,41H,12-18,20-21,34,37-38H2,1-11H3;1-2H3. The van der Waals surface area contributed by atoms with E-state index < -0.39 is 0 Å². The van der Waals surface area contributed by atoms with E-state index in [0.29, 0.717) is 11.1 Å². The number of amides is 2. The molecule has 1 saturated carbocycles. The molecule has 346 valence electrons. The molecule has 1 aliphatic heterocycles. The lowest BCUT2D eigenvalue weighted by molar-refractivity contribution is 0.0503. The van der Waals surface area contributed by atoms with E-state index in [1.807, 2.05) is 26.0 Å². The van der Waals surface area contributed by atoms with Gasteiger partial charge in [-0.2, -0.15) is 0 Å². The first-order valence-corrected chi connectivity index (χ1v) is 25.2. The number of hydrogen-bond donors (Lipinski definition) is 0. The van der Waals surface area contributed by atoms with Crippen LogP contribution < -0.4 is 4.90 Å². The number of rotatable bonds is 13. The van der Waals surface area contributed by atoms with Crippen LogP contribution in [0.25, 0.3) is 32.6 Å². The van der Waals surface area contributed by atoms with Crippen LogP contribution in [-0.4, -0.2) is 27.3 Å². The average Bonchev–Trinajstić information content (AvgIpc) is 3.56. The number of nitrogens with zero attached hydrogens (tertiary/aromatic N) is 3. The molecule has 0 spiro atoms. The Kier molecular flexibility index (Phi) is 13.9. The van der Waals surface area contributed by atoms with Crippen molar-refractivity contribution in [1.82, 2.24) is 9.47 Å². The number of benzene rings is 5. The quantitative estimate of drug-likeness (QED) is 0.0858. The Morgan fingerprint density at radius 1 is 0.554 bits per heavy atom. The van der Waals surface area contributed by atoms with Gasteiger partial charge in [0.1, 0.15) is 0 Å². The molecule has 0 saturated heterocycles. The smallest absolute Gasteiger partial charge is 0.261 e. The predicted octanol–water partition coefficient (Wildman–Crippen LogP) is 17.4. The van der Waals surface area contributed by atoms with E-state index >= 15 is 0 Å². The molecule has 2 heterocycles. The fourth-order valence-corrected chi connectivity index (χ4v) is 11.9. The molecular formula is C60H79N3O2. The zero-order valence-electron chi connectivity index (χ0n) is 42.4. The van der Waals surface area contributed by atoms with Crippen LogP contribution in [0, 0.1) is 10.8 Å². The van der Waals surface area contributed by atoms with Crippen LogP contribution in [0.15, 0.2) is 91.0 Å². The second kappa shape index (κ2) is 18.8. The Morgan fingerprint density at radius 2 is 1.09 bits per heavy atom. The van der Waals surface area contributed by atoms with Crippen molar-refractivity contribution >= 4 is 61.5 Å².